The van der Waals surface area contributed by atoms with Gasteiger partial charge in [-0.25, -0.2) is 4.72 Å². The molecule has 0 radical (unpaired) electrons. The maximum atomic E-state index is 11.6. The summed E-state index contributed by atoms with van der Waals surface area (Å²) in [4.78, 5) is 0. The molecule has 0 aromatic heterocycles. The molecule has 0 atom stereocenters. The minimum absolute atomic E-state index is 0.431. The molecule has 0 spiro atoms. The first kappa shape index (κ1) is 12.4. The van der Waals surface area contributed by atoms with E-state index in [1.807, 2.05) is 6.07 Å². The highest BCUT2D eigenvalue weighted by molar-refractivity contribution is 7.87. The molecule has 5 nitrogen and oxygen atoms in total. The van der Waals surface area contributed by atoms with Gasteiger partial charge < -0.3 is 0 Å². The third-order valence-electron chi connectivity index (χ3n) is 2.40. The first-order chi connectivity index (χ1) is 7.17. The van der Waals surface area contributed by atoms with Gasteiger partial charge in [0.05, 0.1) is 6.07 Å². The summed E-state index contributed by atoms with van der Waals surface area (Å²) in [6.45, 7) is 1.70. The summed E-state index contributed by atoms with van der Waals surface area (Å²) in [5.74, 6) is 0. The van der Waals surface area contributed by atoms with Gasteiger partial charge in [-0.05, 0) is 25.7 Å². The fraction of sp³-hybridized carbons (Fsp3) is 0.889. The Morgan fingerprint density at radius 3 is 2.53 bits per heavy atom. The van der Waals surface area contributed by atoms with E-state index in [4.69, 9.17) is 5.26 Å². The van der Waals surface area contributed by atoms with Gasteiger partial charge in [0.25, 0.3) is 10.2 Å². The number of hydrogen-bond donors (Lipinski definition) is 1. The lowest BCUT2D eigenvalue weighted by Gasteiger charge is -2.15. The van der Waals surface area contributed by atoms with Gasteiger partial charge in [0.2, 0.25) is 0 Å². The van der Waals surface area contributed by atoms with Crippen molar-refractivity contribution in [3.05, 3.63) is 0 Å². The Kier molecular flexibility index (Phi) is 5.02. The van der Waals surface area contributed by atoms with E-state index in [1.54, 1.807) is 0 Å². The third kappa shape index (κ3) is 4.16. The first-order valence-electron chi connectivity index (χ1n) is 5.28. The van der Waals surface area contributed by atoms with Gasteiger partial charge in [-0.1, -0.05) is 0 Å². The number of nitrogens with one attached hydrogen (secondary N) is 1. The molecule has 0 bridgehead atoms. The fourth-order valence-electron chi connectivity index (χ4n) is 1.55. The summed E-state index contributed by atoms with van der Waals surface area (Å²) in [6.07, 6.45) is 3.87. The monoisotopic (exact) mass is 231 g/mol. The molecule has 0 unspecified atom stereocenters. The van der Waals surface area contributed by atoms with Gasteiger partial charge in [-0.15, -0.1) is 0 Å². The molecule has 6 heteroatoms. The standard InChI is InChI=1S/C9H17N3O2S/c10-6-2-1-3-7-11-15(13,14)12-8-4-5-9-12/h11H,1-5,7-9H2. The number of rotatable bonds is 6. The lowest BCUT2D eigenvalue weighted by Crippen LogP contribution is -2.39. The smallest absolute Gasteiger partial charge is 0.202 e. The van der Waals surface area contributed by atoms with Crippen molar-refractivity contribution in [3.63, 3.8) is 0 Å². The summed E-state index contributed by atoms with van der Waals surface area (Å²) >= 11 is 0. The maximum Gasteiger partial charge on any atom is 0.279 e. The van der Waals surface area contributed by atoms with Gasteiger partial charge in [-0.3, -0.25) is 0 Å². The van der Waals surface area contributed by atoms with Crippen LogP contribution < -0.4 is 4.72 Å². The van der Waals surface area contributed by atoms with Gasteiger partial charge in [0.1, 0.15) is 0 Å². The Bertz CT molecular complexity index is 315. The van der Waals surface area contributed by atoms with Crippen LogP contribution in [0.15, 0.2) is 0 Å². The number of hydrogen-bond acceptors (Lipinski definition) is 3. The zero-order valence-electron chi connectivity index (χ0n) is 8.78. The van der Waals surface area contributed by atoms with Crippen molar-refractivity contribution < 1.29 is 8.42 Å². The lowest BCUT2D eigenvalue weighted by atomic mass is 10.2. The Hall–Kier alpha value is -0.640. The Balaban J connectivity index is 2.22. The average molecular weight is 231 g/mol. The van der Waals surface area contributed by atoms with E-state index < -0.39 is 10.2 Å². The summed E-state index contributed by atoms with van der Waals surface area (Å²) in [7, 11) is -3.25. The molecule has 86 valence electrons. The highest BCUT2D eigenvalue weighted by Gasteiger charge is 2.24. The number of unbranched alkanes of at least 4 members (excludes halogenated alkanes) is 2. The normalized spacial score (nSPS) is 17.8. The molecule has 1 N–H and O–H groups in total. The zero-order valence-corrected chi connectivity index (χ0v) is 9.59. The van der Waals surface area contributed by atoms with E-state index in [2.05, 4.69) is 4.72 Å². The van der Waals surface area contributed by atoms with Crippen LogP contribution in [0.3, 0.4) is 0 Å². The third-order valence-corrected chi connectivity index (χ3v) is 4.02. The molecule has 1 rings (SSSR count). The summed E-state index contributed by atoms with van der Waals surface area (Å²) in [5, 5.41) is 8.30. The molecule has 1 heterocycles. The van der Waals surface area contributed by atoms with Crippen molar-refractivity contribution in [1.82, 2.24) is 9.03 Å². The van der Waals surface area contributed by atoms with Crippen LogP contribution in [-0.4, -0.2) is 32.4 Å². The molecule has 1 aliphatic heterocycles. The second-order valence-electron chi connectivity index (χ2n) is 3.62. The Morgan fingerprint density at radius 2 is 1.93 bits per heavy atom. The van der Waals surface area contributed by atoms with Crippen LogP contribution in [0.5, 0.6) is 0 Å². The zero-order chi connectivity index (χ0) is 11.1. The van der Waals surface area contributed by atoms with E-state index in [0.29, 0.717) is 26.1 Å². The van der Waals surface area contributed by atoms with Crippen molar-refractivity contribution >= 4 is 10.2 Å². The molecule has 1 saturated heterocycles. The molecule has 15 heavy (non-hydrogen) atoms. The second-order valence-corrected chi connectivity index (χ2v) is 5.38. The van der Waals surface area contributed by atoms with Gasteiger partial charge in [-0.2, -0.15) is 18.0 Å². The molecule has 0 aromatic carbocycles. The van der Waals surface area contributed by atoms with Gasteiger partial charge in [0.15, 0.2) is 0 Å². The van der Waals surface area contributed by atoms with E-state index >= 15 is 0 Å². The first-order valence-corrected chi connectivity index (χ1v) is 6.72. The topological polar surface area (TPSA) is 73.2 Å². The molecule has 0 aliphatic carbocycles. The minimum Gasteiger partial charge on any atom is -0.202 e. The predicted octanol–water partition coefficient (Wildman–Crippen LogP) is 0.610. The van der Waals surface area contributed by atoms with Gasteiger partial charge >= 0.3 is 0 Å². The van der Waals surface area contributed by atoms with Crippen LogP contribution in [0.1, 0.15) is 32.1 Å². The lowest BCUT2D eigenvalue weighted by molar-refractivity contribution is 0.463. The van der Waals surface area contributed by atoms with Crippen LogP contribution >= 0.6 is 0 Å². The summed E-state index contributed by atoms with van der Waals surface area (Å²) < 4.78 is 27.3. The molecule has 1 aliphatic rings. The SMILES string of the molecule is N#CCCCCNS(=O)(=O)N1CCCC1. The highest BCUT2D eigenvalue weighted by atomic mass is 32.2. The number of nitrogens with zero attached hydrogens (tertiary/aromatic N) is 2. The van der Waals surface area contributed by atoms with Crippen molar-refractivity contribution in [2.75, 3.05) is 19.6 Å². The van der Waals surface area contributed by atoms with E-state index in [9.17, 15) is 8.42 Å². The van der Waals surface area contributed by atoms with Crippen molar-refractivity contribution in [1.29, 1.82) is 5.26 Å². The maximum absolute atomic E-state index is 11.6. The summed E-state index contributed by atoms with van der Waals surface area (Å²) in [6, 6.07) is 2.03. The largest absolute Gasteiger partial charge is 0.279 e. The quantitative estimate of drug-likeness (QED) is 0.681. The van der Waals surface area contributed by atoms with E-state index in [0.717, 1.165) is 25.7 Å². The van der Waals surface area contributed by atoms with Crippen LogP contribution in [0, 0.1) is 11.3 Å². The highest BCUT2D eigenvalue weighted by Crippen LogP contribution is 2.11. The fourth-order valence-corrected chi connectivity index (χ4v) is 2.87. The molecule has 1 fully saturated rings. The molecule has 0 saturated carbocycles. The van der Waals surface area contributed by atoms with Crippen molar-refractivity contribution in [2.45, 2.75) is 32.1 Å². The van der Waals surface area contributed by atoms with Crippen molar-refractivity contribution in [2.24, 2.45) is 0 Å². The Labute approximate surface area is 91.3 Å². The van der Waals surface area contributed by atoms with Crippen LogP contribution in [-0.2, 0) is 10.2 Å². The Morgan fingerprint density at radius 1 is 1.27 bits per heavy atom. The van der Waals surface area contributed by atoms with Crippen LogP contribution in [0.4, 0.5) is 0 Å². The van der Waals surface area contributed by atoms with Crippen LogP contribution in [0.2, 0.25) is 0 Å². The number of nitriles is 1. The van der Waals surface area contributed by atoms with Gasteiger partial charge in [0, 0.05) is 26.1 Å². The molecule has 0 aromatic rings. The van der Waals surface area contributed by atoms with E-state index in [1.165, 1.54) is 4.31 Å². The van der Waals surface area contributed by atoms with E-state index in [-0.39, 0.29) is 0 Å². The average Bonchev–Trinajstić information content (AvgIpc) is 2.70. The minimum atomic E-state index is -3.25. The molecule has 0 amide bonds. The van der Waals surface area contributed by atoms with Crippen LogP contribution in [0.25, 0.3) is 0 Å². The second kappa shape index (κ2) is 6.05. The van der Waals surface area contributed by atoms with Crippen molar-refractivity contribution in [3.8, 4) is 6.07 Å². The summed E-state index contributed by atoms with van der Waals surface area (Å²) in [5.41, 5.74) is 0. The molecular weight excluding hydrogens is 214 g/mol. The molecular formula is C9H17N3O2S. The predicted molar refractivity (Wildman–Crippen MR) is 57.2 cm³/mol.